The zero-order chi connectivity index (χ0) is 14.6. The summed E-state index contributed by atoms with van der Waals surface area (Å²) >= 11 is 0. The molecule has 0 aliphatic rings. The lowest BCUT2D eigenvalue weighted by Crippen LogP contribution is -2.20. The highest BCUT2D eigenvalue weighted by atomic mass is 32.2. The van der Waals surface area contributed by atoms with Crippen molar-refractivity contribution in [3.05, 3.63) is 60.2 Å². The van der Waals surface area contributed by atoms with Gasteiger partial charge in [-0.15, -0.1) is 0 Å². The van der Waals surface area contributed by atoms with Gasteiger partial charge in [-0.3, -0.25) is 4.55 Å². The molecule has 0 aliphatic carbocycles. The van der Waals surface area contributed by atoms with Crippen molar-refractivity contribution in [3.63, 3.8) is 0 Å². The van der Waals surface area contributed by atoms with Crippen molar-refractivity contribution in [2.75, 3.05) is 12.4 Å². The molecule has 0 amide bonds. The Morgan fingerprint density at radius 2 is 1.65 bits per heavy atom. The van der Waals surface area contributed by atoms with Crippen LogP contribution in [0.3, 0.4) is 0 Å². The second-order valence-electron chi connectivity index (χ2n) is 4.18. The molecule has 0 saturated heterocycles. The van der Waals surface area contributed by atoms with E-state index in [1.807, 2.05) is 0 Å². The highest BCUT2D eigenvalue weighted by Crippen LogP contribution is 2.25. The molecule has 2 aromatic carbocycles. The van der Waals surface area contributed by atoms with Crippen LogP contribution in [0.5, 0.6) is 5.75 Å². The summed E-state index contributed by atoms with van der Waals surface area (Å²) in [6, 6.07) is 15.2. The summed E-state index contributed by atoms with van der Waals surface area (Å²) in [4.78, 5) is 0. The predicted octanol–water partition coefficient (Wildman–Crippen LogP) is 2.69. The first-order valence-electron chi connectivity index (χ1n) is 5.92. The Kier molecular flexibility index (Phi) is 4.26. The topological polar surface area (TPSA) is 75.6 Å². The molecule has 0 aromatic heterocycles. The van der Waals surface area contributed by atoms with Crippen LogP contribution < -0.4 is 10.1 Å². The van der Waals surface area contributed by atoms with Gasteiger partial charge in [0, 0.05) is 5.69 Å². The summed E-state index contributed by atoms with van der Waals surface area (Å²) < 4.78 is 37.5. The van der Waals surface area contributed by atoms with Crippen molar-refractivity contribution in [3.8, 4) is 5.75 Å². The van der Waals surface area contributed by atoms with Crippen molar-refractivity contribution in [2.45, 2.75) is 5.37 Å². The third kappa shape index (κ3) is 3.49. The SMILES string of the molecule is COc1ccc(NC(c2ccccc2)S(=O)(=O)O)cc1. The van der Waals surface area contributed by atoms with Crippen molar-refractivity contribution in [1.29, 1.82) is 0 Å². The molecule has 0 fully saturated rings. The Hall–Kier alpha value is -2.05. The average Bonchev–Trinajstić information content (AvgIpc) is 2.45. The van der Waals surface area contributed by atoms with Gasteiger partial charge in [0.25, 0.3) is 10.1 Å². The van der Waals surface area contributed by atoms with Gasteiger partial charge in [0.15, 0.2) is 5.37 Å². The fourth-order valence-electron chi connectivity index (χ4n) is 1.80. The standard InChI is InChI=1S/C14H15NO4S/c1-19-13-9-7-12(8-10-13)15-14(20(16,17)18)11-5-3-2-4-6-11/h2-10,14-15H,1H3,(H,16,17,18). The molecule has 0 radical (unpaired) electrons. The van der Waals surface area contributed by atoms with Crippen molar-refractivity contribution >= 4 is 15.8 Å². The minimum Gasteiger partial charge on any atom is -0.497 e. The fourth-order valence-corrected chi connectivity index (χ4v) is 2.58. The predicted molar refractivity (Wildman–Crippen MR) is 77.3 cm³/mol. The monoisotopic (exact) mass is 293 g/mol. The maximum Gasteiger partial charge on any atom is 0.290 e. The zero-order valence-corrected chi connectivity index (χ0v) is 11.7. The van der Waals surface area contributed by atoms with Gasteiger partial charge in [0.2, 0.25) is 0 Å². The number of hydrogen-bond donors (Lipinski definition) is 2. The van der Waals surface area contributed by atoms with E-state index in [1.165, 1.54) is 0 Å². The van der Waals surface area contributed by atoms with Crippen LogP contribution >= 0.6 is 0 Å². The first-order valence-corrected chi connectivity index (χ1v) is 7.43. The molecule has 106 valence electrons. The van der Waals surface area contributed by atoms with Gasteiger partial charge in [0.05, 0.1) is 7.11 Å². The number of benzene rings is 2. The highest BCUT2D eigenvalue weighted by Gasteiger charge is 2.24. The largest absolute Gasteiger partial charge is 0.497 e. The van der Waals surface area contributed by atoms with Crippen LogP contribution in [0, 0.1) is 0 Å². The molecule has 2 rings (SSSR count). The van der Waals surface area contributed by atoms with Crippen LogP contribution in [0.4, 0.5) is 5.69 Å². The van der Waals surface area contributed by atoms with Crippen LogP contribution in [0.25, 0.3) is 0 Å². The van der Waals surface area contributed by atoms with Crippen LogP contribution in [0.1, 0.15) is 10.9 Å². The lowest BCUT2D eigenvalue weighted by molar-refractivity contribution is 0.415. The van der Waals surface area contributed by atoms with Gasteiger partial charge in [-0.05, 0) is 29.8 Å². The number of rotatable bonds is 5. The van der Waals surface area contributed by atoms with E-state index in [0.717, 1.165) is 0 Å². The molecule has 6 heteroatoms. The number of ether oxygens (including phenoxy) is 1. The number of anilines is 1. The Labute approximate surface area is 118 Å². The molecular weight excluding hydrogens is 278 g/mol. The molecule has 0 heterocycles. The molecule has 2 aromatic rings. The van der Waals surface area contributed by atoms with E-state index < -0.39 is 15.5 Å². The zero-order valence-electron chi connectivity index (χ0n) is 10.9. The summed E-state index contributed by atoms with van der Waals surface area (Å²) in [7, 11) is -2.73. The summed E-state index contributed by atoms with van der Waals surface area (Å²) in [5.41, 5.74) is 1.03. The number of methoxy groups -OCH3 is 1. The quantitative estimate of drug-likeness (QED) is 0.829. The first kappa shape index (κ1) is 14.4. The van der Waals surface area contributed by atoms with E-state index in [2.05, 4.69) is 5.32 Å². The van der Waals surface area contributed by atoms with E-state index >= 15 is 0 Å². The minimum absolute atomic E-state index is 0.464. The van der Waals surface area contributed by atoms with Gasteiger partial charge in [0.1, 0.15) is 5.75 Å². The lowest BCUT2D eigenvalue weighted by Gasteiger charge is -2.17. The second kappa shape index (κ2) is 5.94. The van der Waals surface area contributed by atoms with Gasteiger partial charge < -0.3 is 10.1 Å². The lowest BCUT2D eigenvalue weighted by atomic mass is 10.2. The van der Waals surface area contributed by atoms with Crippen molar-refractivity contribution < 1.29 is 17.7 Å². The van der Waals surface area contributed by atoms with E-state index in [-0.39, 0.29) is 0 Å². The smallest absolute Gasteiger partial charge is 0.290 e. The fraction of sp³-hybridized carbons (Fsp3) is 0.143. The Bertz CT molecular complexity index is 653. The van der Waals surface area contributed by atoms with E-state index in [4.69, 9.17) is 4.74 Å². The van der Waals surface area contributed by atoms with E-state index in [1.54, 1.807) is 61.7 Å². The molecule has 2 N–H and O–H groups in total. The first-order chi connectivity index (χ1) is 9.50. The molecule has 0 saturated carbocycles. The number of hydrogen-bond acceptors (Lipinski definition) is 4. The highest BCUT2D eigenvalue weighted by molar-refractivity contribution is 7.86. The van der Waals surface area contributed by atoms with E-state index in [0.29, 0.717) is 17.0 Å². The van der Waals surface area contributed by atoms with Crippen LogP contribution in [-0.2, 0) is 10.1 Å². The van der Waals surface area contributed by atoms with Gasteiger partial charge in [-0.1, -0.05) is 30.3 Å². The minimum atomic E-state index is -4.27. The number of nitrogens with one attached hydrogen (secondary N) is 1. The van der Waals surface area contributed by atoms with E-state index in [9.17, 15) is 13.0 Å². The van der Waals surface area contributed by atoms with Crippen molar-refractivity contribution in [1.82, 2.24) is 0 Å². The summed E-state index contributed by atoms with van der Waals surface area (Å²) in [6.07, 6.45) is 0. The van der Waals surface area contributed by atoms with Gasteiger partial charge in [-0.2, -0.15) is 8.42 Å². The molecule has 1 atom stereocenters. The van der Waals surface area contributed by atoms with Crippen LogP contribution in [0.15, 0.2) is 54.6 Å². The molecule has 0 bridgehead atoms. The van der Waals surface area contributed by atoms with Gasteiger partial charge >= 0.3 is 0 Å². The van der Waals surface area contributed by atoms with Crippen LogP contribution in [0.2, 0.25) is 0 Å². The Balaban J connectivity index is 2.29. The molecule has 0 spiro atoms. The molecular formula is C14H15NO4S. The normalized spacial score (nSPS) is 12.7. The average molecular weight is 293 g/mol. The molecule has 20 heavy (non-hydrogen) atoms. The van der Waals surface area contributed by atoms with Crippen LogP contribution in [-0.4, -0.2) is 20.1 Å². The van der Waals surface area contributed by atoms with Crippen molar-refractivity contribution in [2.24, 2.45) is 0 Å². The second-order valence-corrected chi connectivity index (χ2v) is 5.68. The van der Waals surface area contributed by atoms with Gasteiger partial charge in [-0.25, -0.2) is 0 Å². The Morgan fingerprint density at radius 1 is 1.05 bits per heavy atom. The summed E-state index contributed by atoms with van der Waals surface area (Å²) in [6.45, 7) is 0. The summed E-state index contributed by atoms with van der Waals surface area (Å²) in [5.74, 6) is 0.665. The summed E-state index contributed by atoms with van der Waals surface area (Å²) in [5, 5.41) is 1.58. The third-order valence-corrected chi connectivity index (χ3v) is 3.77. The maximum atomic E-state index is 11.5. The molecule has 1 unspecified atom stereocenters. The molecule has 0 aliphatic heterocycles. The Morgan fingerprint density at radius 3 is 2.15 bits per heavy atom. The maximum absolute atomic E-state index is 11.5. The molecule has 5 nitrogen and oxygen atoms in total. The third-order valence-electron chi connectivity index (χ3n) is 2.79.